The van der Waals surface area contributed by atoms with Gasteiger partial charge in [0, 0.05) is 36.8 Å². The van der Waals surface area contributed by atoms with Gasteiger partial charge in [-0.25, -0.2) is 12.7 Å². The minimum Gasteiger partial charge on any atom is -0.391 e. The molecule has 3 aromatic rings. The molecular formula is C28H37N3O5S. The van der Waals surface area contributed by atoms with Gasteiger partial charge in [0.15, 0.2) is 0 Å². The second-order valence-electron chi connectivity index (χ2n) is 9.97. The van der Waals surface area contributed by atoms with E-state index in [1.54, 1.807) is 18.2 Å². The van der Waals surface area contributed by atoms with Gasteiger partial charge >= 0.3 is 0 Å². The van der Waals surface area contributed by atoms with Gasteiger partial charge in [0.2, 0.25) is 15.9 Å². The van der Waals surface area contributed by atoms with Gasteiger partial charge in [-0.15, -0.1) is 0 Å². The van der Waals surface area contributed by atoms with Gasteiger partial charge in [0.05, 0.1) is 24.4 Å². The molecule has 4 rings (SSSR count). The van der Waals surface area contributed by atoms with E-state index < -0.39 is 16.1 Å². The van der Waals surface area contributed by atoms with Gasteiger partial charge in [-0.05, 0) is 73.4 Å². The van der Waals surface area contributed by atoms with Crippen molar-refractivity contribution in [2.45, 2.75) is 57.7 Å². The van der Waals surface area contributed by atoms with Crippen molar-refractivity contribution in [1.82, 2.24) is 9.29 Å². The van der Waals surface area contributed by atoms with E-state index in [2.05, 4.69) is 11.1 Å². The van der Waals surface area contributed by atoms with Gasteiger partial charge in [-0.1, -0.05) is 30.3 Å². The number of hydrogen-bond acceptors (Lipinski definition) is 5. The van der Waals surface area contributed by atoms with Crippen LogP contribution in [0.1, 0.15) is 50.2 Å². The van der Waals surface area contributed by atoms with Crippen molar-refractivity contribution >= 4 is 26.8 Å². The van der Waals surface area contributed by atoms with Crippen LogP contribution in [0.5, 0.6) is 0 Å². The Hall–Kier alpha value is -2.72. The molecule has 1 aliphatic heterocycles. The summed E-state index contributed by atoms with van der Waals surface area (Å²) in [4.78, 5) is 15.1. The number of piperidine rings is 1. The van der Waals surface area contributed by atoms with Gasteiger partial charge in [0.25, 0.3) is 0 Å². The molecule has 9 heteroatoms. The fourth-order valence-corrected chi connectivity index (χ4v) is 6.52. The number of nitrogens with two attached hydrogens (primary N) is 1. The molecule has 200 valence electrons. The highest BCUT2D eigenvalue weighted by atomic mass is 32.2. The molecule has 1 aromatic heterocycles. The minimum absolute atomic E-state index is 0.0359. The van der Waals surface area contributed by atoms with E-state index in [0.29, 0.717) is 26.1 Å². The molecule has 1 amide bonds. The number of rotatable bonds is 11. The Labute approximate surface area is 218 Å². The van der Waals surface area contributed by atoms with Crippen LogP contribution in [-0.4, -0.2) is 66.4 Å². The maximum absolute atomic E-state index is 12.9. The van der Waals surface area contributed by atoms with Crippen LogP contribution >= 0.6 is 0 Å². The summed E-state index contributed by atoms with van der Waals surface area (Å²) in [6.45, 7) is 4.66. The Balaban J connectivity index is 1.47. The first kappa shape index (κ1) is 27.3. The highest BCUT2D eigenvalue weighted by Gasteiger charge is 2.30. The molecule has 1 aliphatic rings. The maximum atomic E-state index is 12.9. The Morgan fingerprint density at radius 1 is 1.16 bits per heavy atom. The van der Waals surface area contributed by atoms with Crippen LogP contribution in [0.3, 0.4) is 0 Å². The number of amides is 1. The number of aliphatic hydroxyl groups is 1. The second-order valence-corrected chi connectivity index (χ2v) is 12.1. The number of nitrogens with one attached hydrogen (secondary N) is 1. The van der Waals surface area contributed by atoms with Crippen LogP contribution < -0.4 is 5.73 Å². The summed E-state index contributed by atoms with van der Waals surface area (Å²) in [5, 5.41) is 10.6. The first-order valence-electron chi connectivity index (χ1n) is 12.9. The van der Waals surface area contributed by atoms with Crippen molar-refractivity contribution in [2.75, 3.05) is 25.4 Å². The SMILES string of the molecule is CC(O)C(C)OCCCS(=O)(=O)N1CCC(c2c[nH]c3c(CC(N)=O)cc(-c4ccccc4)cc23)CC1. The number of ether oxygens (including phenoxy) is 1. The average molecular weight is 528 g/mol. The summed E-state index contributed by atoms with van der Waals surface area (Å²) in [7, 11) is -3.37. The number of hydrogen-bond donors (Lipinski definition) is 3. The predicted octanol–water partition coefficient (Wildman–Crippen LogP) is 3.55. The number of nitrogens with zero attached hydrogens (tertiary/aromatic N) is 1. The van der Waals surface area contributed by atoms with E-state index in [9.17, 15) is 18.3 Å². The summed E-state index contributed by atoms with van der Waals surface area (Å²) < 4.78 is 32.9. The van der Waals surface area contributed by atoms with Gasteiger partial charge in [-0.2, -0.15) is 0 Å². The minimum atomic E-state index is -3.37. The number of carbonyl (C=O) groups excluding carboxylic acids is 1. The fourth-order valence-electron chi connectivity index (χ4n) is 5.01. The fraction of sp³-hybridized carbons (Fsp3) is 0.464. The summed E-state index contributed by atoms with van der Waals surface area (Å²) >= 11 is 0. The Morgan fingerprint density at radius 2 is 1.86 bits per heavy atom. The third-order valence-electron chi connectivity index (χ3n) is 7.27. The second kappa shape index (κ2) is 11.8. The molecule has 4 N–H and O–H groups in total. The number of sulfonamides is 1. The highest BCUT2D eigenvalue weighted by molar-refractivity contribution is 7.89. The quantitative estimate of drug-likeness (QED) is 0.329. The predicted molar refractivity (Wildman–Crippen MR) is 146 cm³/mol. The summed E-state index contributed by atoms with van der Waals surface area (Å²) in [6, 6.07) is 14.2. The zero-order chi connectivity index (χ0) is 26.6. The lowest BCUT2D eigenvalue weighted by Crippen LogP contribution is -2.39. The van der Waals surface area contributed by atoms with Gasteiger partial charge < -0.3 is 20.6 Å². The number of carbonyl (C=O) groups is 1. The van der Waals surface area contributed by atoms with E-state index in [-0.39, 0.29) is 30.1 Å². The third kappa shape index (κ3) is 6.59. The summed E-state index contributed by atoms with van der Waals surface area (Å²) in [6.07, 6.45) is 3.08. The average Bonchev–Trinajstić information content (AvgIpc) is 3.31. The monoisotopic (exact) mass is 527 g/mol. The van der Waals surface area contributed by atoms with Crippen LogP contribution in [0, 0.1) is 0 Å². The Bertz CT molecular complexity index is 1310. The van der Waals surface area contributed by atoms with Crippen LogP contribution in [0.4, 0.5) is 0 Å². The number of H-pyrrole nitrogens is 1. The third-order valence-corrected chi connectivity index (χ3v) is 9.23. The Kier molecular flexibility index (Phi) is 8.69. The number of benzene rings is 2. The van der Waals surface area contributed by atoms with Crippen LogP contribution in [0.2, 0.25) is 0 Å². The molecular weight excluding hydrogens is 490 g/mol. The maximum Gasteiger partial charge on any atom is 0.221 e. The molecule has 2 atom stereocenters. The van der Waals surface area contributed by atoms with E-state index in [1.807, 2.05) is 42.6 Å². The van der Waals surface area contributed by atoms with Crippen molar-refractivity contribution in [3.05, 3.63) is 59.8 Å². The van der Waals surface area contributed by atoms with Crippen molar-refractivity contribution in [3.8, 4) is 11.1 Å². The van der Waals surface area contributed by atoms with Crippen molar-refractivity contribution in [1.29, 1.82) is 0 Å². The van der Waals surface area contributed by atoms with Crippen LogP contribution in [-0.2, 0) is 26.0 Å². The molecule has 0 aliphatic carbocycles. The number of primary amides is 1. The summed E-state index contributed by atoms with van der Waals surface area (Å²) in [5.41, 5.74) is 10.6. The Morgan fingerprint density at radius 3 is 2.51 bits per heavy atom. The number of fused-ring (bicyclic) bond motifs is 1. The molecule has 2 aromatic carbocycles. The lowest BCUT2D eigenvalue weighted by atomic mass is 9.88. The van der Waals surface area contributed by atoms with Gasteiger partial charge in [-0.3, -0.25) is 4.79 Å². The molecule has 2 unspecified atom stereocenters. The van der Waals surface area contributed by atoms with Crippen molar-refractivity contribution in [2.24, 2.45) is 5.73 Å². The van der Waals surface area contributed by atoms with E-state index in [4.69, 9.17) is 10.5 Å². The molecule has 8 nitrogen and oxygen atoms in total. The van der Waals surface area contributed by atoms with Crippen LogP contribution in [0.15, 0.2) is 48.7 Å². The van der Waals surface area contributed by atoms with Crippen molar-refractivity contribution in [3.63, 3.8) is 0 Å². The zero-order valence-corrected chi connectivity index (χ0v) is 22.3. The smallest absolute Gasteiger partial charge is 0.221 e. The molecule has 0 spiro atoms. The highest BCUT2D eigenvalue weighted by Crippen LogP contribution is 2.37. The first-order chi connectivity index (χ1) is 17.7. The standard InChI is InChI=1S/C28H37N3O5S/c1-19(32)20(2)36-13-6-14-37(34,35)31-11-9-22(10-12-31)26-18-30-28-24(17-27(29)33)15-23(16-25(26)28)21-7-4-3-5-8-21/h3-5,7-8,15-16,18-20,22,30,32H,6,9-14,17H2,1-2H3,(H2,29,33). The van der Waals surface area contributed by atoms with Gasteiger partial charge in [0.1, 0.15) is 0 Å². The van der Waals surface area contributed by atoms with Crippen molar-refractivity contribution < 1.29 is 23.1 Å². The van der Waals surface area contributed by atoms with E-state index in [0.717, 1.165) is 46.0 Å². The summed E-state index contributed by atoms with van der Waals surface area (Å²) in [5.74, 6) is -0.136. The topological polar surface area (TPSA) is 126 Å². The lowest BCUT2D eigenvalue weighted by molar-refractivity contribution is -0.117. The molecule has 2 heterocycles. The molecule has 1 fully saturated rings. The lowest BCUT2D eigenvalue weighted by Gasteiger charge is -2.31. The first-order valence-corrected chi connectivity index (χ1v) is 14.5. The number of aromatic amines is 1. The number of aromatic nitrogens is 1. The largest absolute Gasteiger partial charge is 0.391 e. The zero-order valence-electron chi connectivity index (χ0n) is 21.5. The number of aliphatic hydroxyl groups excluding tert-OH is 1. The molecule has 1 saturated heterocycles. The van der Waals surface area contributed by atoms with E-state index >= 15 is 0 Å². The van der Waals surface area contributed by atoms with Crippen LogP contribution in [0.25, 0.3) is 22.0 Å². The normalized spacial score (nSPS) is 17.2. The molecule has 0 saturated carbocycles. The molecule has 37 heavy (non-hydrogen) atoms. The molecule has 0 bridgehead atoms. The van der Waals surface area contributed by atoms with E-state index in [1.165, 1.54) is 0 Å². The molecule has 0 radical (unpaired) electrons.